The van der Waals surface area contributed by atoms with Gasteiger partial charge >= 0.3 is 12.1 Å². The number of carbonyl (C=O) groups excluding carboxylic acids is 2. The maximum Gasteiger partial charge on any atom is 0.418 e. The predicted octanol–water partition coefficient (Wildman–Crippen LogP) is 5.13. The van der Waals surface area contributed by atoms with E-state index in [0.29, 0.717) is 10.6 Å². The molecule has 0 fully saturated rings. The Morgan fingerprint density at radius 3 is 2.44 bits per heavy atom. The molecule has 0 radical (unpaired) electrons. The number of hydrogen-bond donors (Lipinski definition) is 1. The van der Waals surface area contributed by atoms with E-state index in [1.807, 2.05) is 0 Å². The summed E-state index contributed by atoms with van der Waals surface area (Å²) in [5.41, 5.74) is -0.968. The Hall–Kier alpha value is -2.25. The fraction of sp³-hybridized carbons (Fsp3) is 0.222. The zero-order valence-electron chi connectivity index (χ0n) is 13.9. The summed E-state index contributed by atoms with van der Waals surface area (Å²) in [7, 11) is 0. The number of para-hydroxylation sites is 1. The molecular formula is C18H14Cl2F3NO3. The Morgan fingerprint density at radius 1 is 1.15 bits per heavy atom. The fourth-order valence-corrected chi connectivity index (χ4v) is 2.66. The first-order valence-electron chi connectivity index (χ1n) is 7.68. The van der Waals surface area contributed by atoms with E-state index < -0.39 is 35.4 Å². The number of esters is 1. The van der Waals surface area contributed by atoms with Crippen LogP contribution in [0.15, 0.2) is 42.5 Å². The van der Waals surface area contributed by atoms with Gasteiger partial charge in [-0.3, -0.25) is 9.59 Å². The molecule has 2 rings (SSSR count). The predicted molar refractivity (Wildman–Crippen MR) is 95.8 cm³/mol. The molecule has 0 saturated carbocycles. The smallest absolute Gasteiger partial charge is 0.418 e. The molecule has 1 unspecified atom stereocenters. The Morgan fingerprint density at radius 2 is 1.81 bits per heavy atom. The van der Waals surface area contributed by atoms with Gasteiger partial charge in [0, 0.05) is 10.0 Å². The first-order chi connectivity index (χ1) is 12.6. The highest BCUT2D eigenvalue weighted by molar-refractivity contribution is 6.35. The van der Waals surface area contributed by atoms with Crippen LogP contribution in [0.2, 0.25) is 10.0 Å². The maximum atomic E-state index is 13.0. The van der Waals surface area contributed by atoms with Crippen LogP contribution in [-0.2, 0) is 26.9 Å². The lowest BCUT2D eigenvalue weighted by Gasteiger charge is -2.17. The standard InChI is InChI=1S/C18H14Cl2F3NO3/c1-10(27-16(25)8-11-6-7-12(19)9-14(11)20)17(26)24-15-5-3-2-4-13(15)18(21,22)23/h2-7,9-10H,8H2,1H3,(H,24,26). The number of carbonyl (C=O) groups is 2. The number of nitrogens with one attached hydrogen (secondary N) is 1. The monoisotopic (exact) mass is 419 g/mol. The van der Waals surface area contributed by atoms with Gasteiger partial charge < -0.3 is 10.1 Å². The van der Waals surface area contributed by atoms with Gasteiger partial charge in [0.2, 0.25) is 0 Å². The van der Waals surface area contributed by atoms with Gasteiger partial charge in [-0.25, -0.2) is 0 Å². The topological polar surface area (TPSA) is 55.4 Å². The van der Waals surface area contributed by atoms with Gasteiger partial charge in [0.05, 0.1) is 17.7 Å². The van der Waals surface area contributed by atoms with Gasteiger partial charge in [-0.15, -0.1) is 0 Å². The summed E-state index contributed by atoms with van der Waals surface area (Å²) in [6.07, 6.45) is -6.15. The second-order valence-corrected chi connectivity index (χ2v) is 6.42. The minimum Gasteiger partial charge on any atom is -0.452 e. The number of ether oxygens (including phenoxy) is 1. The largest absolute Gasteiger partial charge is 0.452 e. The molecule has 0 aromatic heterocycles. The van der Waals surface area contributed by atoms with E-state index in [9.17, 15) is 22.8 Å². The average molecular weight is 420 g/mol. The summed E-state index contributed by atoms with van der Waals surface area (Å²) < 4.78 is 43.9. The number of anilines is 1. The molecule has 2 aromatic carbocycles. The molecular weight excluding hydrogens is 406 g/mol. The summed E-state index contributed by atoms with van der Waals surface area (Å²) in [5.74, 6) is -1.65. The van der Waals surface area contributed by atoms with Gasteiger partial charge in [0.1, 0.15) is 0 Å². The number of halogens is 5. The molecule has 0 spiro atoms. The molecule has 1 amide bonds. The average Bonchev–Trinajstić information content (AvgIpc) is 2.57. The first kappa shape index (κ1) is 21.1. The molecule has 9 heteroatoms. The molecule has 0 aliphatic rings. The van der Waals surface area contributed by atoms with E-state index in [-0.39, 0.29) is 11.4 Å². The van der Waals surface area contributed by atoms with E-state index in [1.165, 1.54) is 31.2 Å². The Labute approximate surface area is 163 Å². The summed E-state index contributed by atoms with van der Waals surface area (Å²) in [5, 5.41) is 2.78. The molecule has 2 aromatic rings. The van der Waals surface area contributed by atoms with E-state index >= 15 is 0 Å². The van der Waals surface area contributed by atoms with Crippen LogP contribution in [0.3, 0.4) is 0 Å². The van der Waals surface area contributed by atoms with Gasteiger partial charge in [-0.2, -0.15) is 13.2 Å². The van der Waals surface area contributed by atoms with Crippen LogP contribution in [0.1, 0.15) is 18.1 Å². The normalized spacial score (nSPS) is 12.4. The highest BCUT2D eigenvalue weighted by Crippen LogP contribution is 2.34. The molecule has 0 bridgehead atoms. The molecule has 0 aliphatic heterocycles. The minimum atomic E-state index is -4.63. The van der Waals surface area contributed by atoms with Crippen molar-refractivity contribution in [1.82, 2.24) is 0 Å². The molecule has 0 heterocycles. The van der Waals surface area contributed by atoms with Crippen LogP contribution in [0.5, 0.6) is 0 Å². The third-order valence-corrected chi connectivity index (χ3v) is 4.10. The van der Waals surface area contributed by atoms with Crippen molar-refractivity contribution >= 4 is 40.8 Å². The maximum absolute atomic E-state index is 13.0. The van der Waals surface area contributed by atoms with Crippen LogP contribution >= 0.6 is 23.2 Å². The van der Waals surface area contributed by atoms with Gasteiger partial charge in [-0.05, 0) is 36.8 Å². The third kappa shape index (κ3) is 5.87. The summed E-state index contributed by atoms with van der Waals surface area (Å²) in [4.78, 5) is 24.1. The molecule has 0 saturated heterocycles. The van der Waals surface area contributed by atoms with Crippen molar-refractivity contribution in [3.8, 4) is 0 Å². The van der Waals surface area contributed by atoms with E-state index in [4.69, 9.17) is 27.9 Å². The van der Waals surface area contributed by atoms with Crippen molar-refractivity contribution in [1.29, 1.82) is 0 Å². The number of hydrogen-bond acceptors (Lipinski definition) is 3. The molecule has 0 aliphatic carbocycles. The van der Waals surface area contributed by atoms with Crippen LogP contribution in [0.4, 0.5) is 18.9 Å². The molecule has 27 heavy (non-hydrogen) atoms. The van der Waals surface area contributed by atoms with E-state index in [0.717, 1.165) is 12.1 Å². The summed E-state index contributed by atoms with van der Waals surface area (Å²) in [6.45, 7) is 1.26. The highest BCUT2D eigenvalue weighted by Gasteiger charge is 2.34. The van der Waals surface area contributed by atoms with Gasteiger partial charge in [0.25, 0.3) is 5.91 Å². The van der Waals surface area contributed by atoms with Gasteiger partial charge in [0.15, 0.2) is 6.10 Å². The van der Waals surface area contributed by atoms with Crippen molar-refractivity contribution in [3.05, 3.63) is 63.6 Å². The second kappa shape index (κ2) is 8.63. The Kier molecular flexibility index (Phi) is 6.73. The molecule has 144 valence electrons. The molecule has 1 atom stereocenters. The zero-order valence-corrected chi connectivity index (χ0v) is 15.5. The van der Waals surface area contributed by atoms with Crippen molar-refractivity contribution in [2.24, 2.45) is 0 Å². The Bertz CT molecular complexity index is 856. The Balaban J connectivity index is 2.01. The summed E-state index contributed by atoms with van der Waals surface area (Å²) in [6, 6.07) is 9.05. The van der Waals surface area contributed by atoms with Crippen LogP contribution < -0.4 is 5.32 Å². The lowest BCUT2D eigenvalue weighted by molar-refractivity contribution is -0.152. The third-order valence-electron chi connectivity index (χ3n) is 3.52. The van der Waals surface area contributed by atoms with Crippen molar-refractivity contribution in [3.63, 3.8) is 0 Å². The summed E-state index contributed by atoms with van der Waals surface area (Å²) >= 11 is 11.7. The second-order valence-electron chi connectivity index (χ2n) is 5.58. The highest BCUT2D eigenvalue weighted by atomic mass is 35.5. The fourth-order valence-electron chi connectivity index (χ4n) is 2.19. The van der Waals surface area contributed by atoms with E-state index in [1.54, 1.807) is 6.07 Å². The quantitative estimate of drug-likeness (QED) is 0.683. The van der Waals surface area contributed by atoms with E-state index in [2.05, 4.69) is 5.32 Å². The van der Waals surface area contributed by atoms with Crippen LogP contribution in [0, 0.1) is 0 Å². The minimum absolute atomic E-state index is 0.216. The van der Waals surface area contributed by atoms with Gasteiger partial charge in [-0.1, -0.05) is 41.4 Å². The van der Waals surface area contributed by atoms with Crippen molar-refractivity contribution < 1.29 is 27.5 Å². The van der Waals surface area contributed by atoms with Crippen molar-refractivity contribution in [2.45, 2.75) is 25.6 Å². The van der Waals surface area contributed by atoms with Crippen LogP contribution in [-0.4, -0.2) is 18.0 Å². The number of benzene rings is 2. The number of amides is 1. The zero-order chi connectivity index (χ0) is 20.2. The van der Waals surface area contributed by atoms with Crippen LogP contribution in [0.25, 0.3) is 0 Å². The lowest BCUT2D eigenvalue weighted by atomic mass is 10.1. The number of alkyl halides is 3. The first-order valence-corrected chi connectivity index (χ1v) is 8.44. The molecule has 4 nitrogen and oxygen atoms in total. The molecule has 1 N–H and O–H groups in total. The van der Waals surface area contributed by atoms with Crippen molar-refractivity contribution in [2.75, 3.05) is 5.32 Å². The number of rotatable bonds is 5. The SMILES string of the molecule is CC(OC(=O)Cc1ccc(Cl)cc1Cl)C(=O)Nc1ccccc1C(F)(F)F. The lowest BCUT2D eigenvalue weighted by Crippen LogP contribution is -2.31.